The first kappa shape index (κ1) is 9.78. The van der Waals surface area contributed by atoms with Gasteiger partial charge in [-0.05, 0) is 35.4 Å². The second kappa shape index (κ2) is 4.65. The van der Waals surface area contributed by atoms with Gasteiger partial charge in [0, 0.05) is 19.4 Å². The second-order valence-electron chi connectivity index (χ2n) is 3.28. The van der Waals surface area contributed by atoms with Crippen molar-refractivity contribution in [3.63, 3.8) is 0 Å². The monoisotopic (exact) mass is 176 g/mol. The highest BCUT2D eigenvalue weighted by molar-refractivity contribution is 5.52. The largest absolute Gasteiger partial charge is 0.394 e. The van der Waals surface area contributed by atoms with Gasteiger partial charge in [-0.2, -0.15) is 0 Å². The molecule has 1 heterocycles. The Kier molecular flexibility index (Phi) is 3.50. The molecular weight excluding hydrogens is 160 g/mol. The second-order valence-corrected chi connectivity index (χ2v) is 3.28. The third-order valence-electron chi connectivity index (χ3n) is 1.94. The molecule has 0 bridgehead atoms. The lowest BCUT2D eigenvalue weighted by Crippen LogP contribution is -1.95. The Morgan fingerprint density at radius 3 is 2.85 bits per heavy atom. The molecule has 0 aliphatic rings. The molecule has 0 saturated carbocycles. The molecule has 70 valence electrons. The van der Waals surface area contributed by atoms with Gasteiger partial charge in [-0.25, -0.2) is 0 Å². The Balaban J connectivity index is 2.97. The standard InChI is InChI=1S/C11H16N2/c1-9(2)11-5-7-13-8-10(11)4-6-12-3/h4-9,12H,1-3H3/b6-4-. The number of rotatable bonds is 3. The van der Waals surface area contributed by atoms with Crippen molar-refractivity contribution in [2.24, 2.45) is 0 Å². The van der Waals surface area contributed by atoms with E-state index in [2.05, 4.69) is 30.2 Å². The minimum absolute atomic E-state index is 0.541. The predicted molar refractivity (Wildman–Crippen MR) is 56.4 cm³/mol. The van der Waals surface area contributed by atoms with Crippen molar-refractivity contribution in [3.05, 3.63) is 35.8 Å². The molecule has 0 radical (unpaired) electrons. The number of pyridine rings is 1. The summed E-state index contributed by atoms with van der Waals surface area (Å²) in [6.45, 7) is 4.37. The van der Waals surface area contributed by atoms with Crippen LogP contribution in [-0.4, -0.2) is 12.0 Å². The van der Waals surface area contributed by atoms with E-state index in [0.29, 0.717) is 5.92 Å². The highest BCUT2D eigenvalue weighted by Crippen LogP contribution is 2.18. The van der Waals surface area contributed by atoms with Crippen molar-refractivity contribution >= 4 is 6.08 Å². The summed E-state index contributed by atoms with van der Waals surface area (Å²) in [5.41, 5.74) is 2.52. The van der Waals surface area contributed by atoms with Gasteiger partial charge in [0.05, 0.1) is 0 Å². The summed E-state index contributed by atoms with van der Waals surface area (Å²) in [7, 11) is 1.89. The normalized spacial score (nSPS) is 11.1. The Morgan fingerprint density at radius 2 is 2.23 bits per heavy atom. The van der Waals surface area contributed by atoms with Crippen molar-refractivity contribution in [2.75, 3.05) is 7.05 Å². The fourth-order valence-electron chi connectivity index (χ4n) is 1.26. The van der Waals surface area contributed by atoms with Crippen LogP contribution in [0, 0.1) is 0 Å². The van der Waals surface area contributed by atoms with Gasteiger partial charge in [0.2, 0.25) is 0 Å². The van der Waals surface area contributed by atoms with Gasteiger partial charge in [-0.15, -0.1) is 0 Å². The topological polar surface area (TPSA) is 24.9 Å². The van der Waals surface area contributed by atoms with E-state index in [1.54, 1.807) is 0 Å². The molecule has 0 atom stereocenters. The highest BCUT2D eigenvalue weighted by Gasteiger charge is 2.02. The van der Waals surface area contributed by atoms with Crippen LogP contribution in [0.3, 0.4) is 0 Å². The van der Waals surface area contributed by atoms with Crippen LogP contribution in [0.25, 0.3) is 6.08 Å². The zero-order chi connectivity index (χ0) is 9.68. The van der Waals surface area contributed by atoms with Gasteiger partial charge in [0.1, 0.15) is 0 Å². The van der Waals surface area contributed by atoms with E-state index < -0.39 is 0 Å². The lowest BCUT2D eigenvalue weighted by Gasteiger charge is -2.08. The molecule has 0 aliphatic heterocycles. The van der Waals surface area contributed by atoms with Crippen LogP contribution in [0.4, 0.5) is 0 Å². The van der Waals surface area contributed by atoms with Crippen molar-refractivity contribution in [3.8, 4) is 0 Å². The number of nitrogens with one attached hydrogen (secondary N) is 1. The molecule has 1 aromatic heterocycles. The molecule has 2 heteroatoms. The first-order valence-corrected chi connectivity index (χ1v) is 4.53. The Bertz CT molecular complexity index is 290. The van der Waals surface area contributed by atoms with Gasteiger partial charge in [0.25, 0.3) is 0 Å². The first-order valence-electron chi connectivity index (χ1n) is 4.53. The molecular formula is C11H16N2. The fraction of sp³-hybridized carbons (Fsp3) is 0.364. The molecule has 13 heavy (non-hydrogen) atoms. The lowest BCUT2D eigenvalue weighted by atomic mass is 9.99. The summed E-state index contributed by atoms with van der Waals surface area (Å²) in [5, 5.41) is 2.97. The van der Waals surface area contributed by atoms with Crippen LogP contribution in [0.1, 0.15) is 30.9 Å². The van der Waals surface area contributed by atoms with Crippen LogP contribution in [0.5, 0.6) is 0 Å². The third-order valence-corrected chi connectivity index (χ3v) is 1.94. The SMILES string of the molecule is CN/C=C\c1cnccc1C(C)C. The Hall–Kier alpha value is -1.31. The third kappa shape index (κ3) is 2.58. The zero-order valence-electron chi connectivity index (χ0n) is 8.41. The average molecular weight is 176 g/mol. The molecule has 0 aliphatic carbocycles. The molecule has 1 rings (SSSR count). The zero-order valence-corrected chi connectivity index (χ0v) is 8.41. The summed E-state index contributed by atoms with van der Waals surface area (Å²) in [5.74, 6) is 0.541. The molecule has 0 amide bonds. The summed E-state index contributed by atoms with van der Waals surface area (Å²) >= 11 is 0. The average Bonchev–Trinajstić information content (AvgIpc) is 2.15. The molecule has 0 spiro atoms. The number of hydrogen-bond donors (Lipinski definition) is 1. The minimum atomic E-state index is 0.541. The fourth-order valence-corrected chi connectivity index (χ4v) is 1.26. The maximum Gasteiger partial charge on any atom is 0.0343 e. The molecule has 0 saturated heterocycles. The Labute approximate surface area is 79.7 Å². The van der Waals surface area contributed by atoms with Gasteiger partial charge in [-0.3, -0.25) is 4.98 Å². The van der Waals surface area contributed by atoms with Crippen LogP contribution in [0.15, 0.2) is 24.7 Å². The van der Waals surface area contributed by atoms with Crippen LogP contribution in [0.2, 0.25) is 0 Å². The molecule has 2 nitrogen and oxygen atoms in total. The highest BCUT2D eigenvalue weighted by atomic mass is 14.8. The summed E-state index contributed by atoms with van der Waals surface area (Å²) in [4.78, 5) is 4.10. The Morgan fingerprint density at radius 1 is 1.46 bits per heavy atom. The van der Waals surface area contributed by atoms with E-state index in [4.69, 9.17) is 0 Å². The molecule has 0 unspecified atom stereocenters. The van der Waals surface area contributed by atoms with E-state index in [1.807, 2.05) is 31.7 Å². The van der Waals surface area contributed by atoms with E-state index in [0.717, 1.165) is 0 Å². The molecule has 0 aromatic carbocycles. The quantitative estimate of drug-likeness (QED) is 0.765. The number of aromatic nitrogens is 1. The maximum absolute atomic E-state index is 4.10. The van der Waals surface area contributed by atoms with Crippen molar-refractivity contribution in [1.82, 2.24) is 10.3 Å². The minimum Gasteiger partial charge on any atom is -0.394 e. The first-order chi connectivity index (χ1) is 6.25. The molecule has 1 aromatic rings. The summed E-state index contributed by atoms with van der Waals surface area (Å²) < 4.78 is 0. The molecule has 1 N–H and O–H groups in total. The van der Waals surface area contributed by atoms with Crippen molar-refractivity contribution in [2.45, 2.75) is 19.8 Å². The lowest BCUT2D eigenvalue weighted by molar-refractivity contribution is 0.859. The van der Waals surface area contributed by atoms with Crippen molar-refractivity contribution < 1.29 is 0 Å². The van der Waals surface area contributed by atoms with Crippen LogP contribution < -0.4 is 5.32 Å². The number of hydrogen-bond acceptors (Lipinski definition) is 2. The van der Waals surface area contributed by atoms with Crippen LogP contribution >= 0.6 is 0 Å². The maximum atomic E-state index is 4.10. The van der Waals surface area contributed by atoms with Gasteiger partial charge in [-0.1, -0.05) is 13.8 Å². The van der Waals surface area contributed by atoms with Crippen LogP contribution in [-0.2, 0) is 0 Å². The number of nitrogens with zero attached hydrogens (tertiary/aromatic N) is 1. The summed E-state index contributed by atoms with van der Waals surface area (Å²) in [6, 6.07) is 2.07. The molecule has 0 fully saturated rings. The smallest absolute Gasteiger partial charge is 0.0343 e. The van der Waals surface area contributed by atoms with Crippen molar-refractivity contribution in [1.29, 1.82) is 0 Å². The van der Waals surface area contributed by atoms with E-state index in [1.165, 1.54) is 11.1 Å². The van der Waals surface area contributed by atoms with Gasteiger partial charge < -0.3 is 5.32 Å². The van der Waals surface area contributed by atoms with Gasteiger partial charge in [0.15, 0.2) is 0 Å². The van der Waals surface area contributed by atoms with E-state index in [-0.39, 0.29) is 0 Å². The van der Waals surface area contributed by atoms with E-state index >= 15 is 0 Å². The van der Waals surface area contributed by atoms with E-state index in [9.17, 15) is 0 Å². The van der Waals surface area contributed by atoms with Gasteiger partial charge >= 0.3 is 0 Å². The summed E-state index contributed by atoms with van der Waals surface area (Å²) in [6.07, 6.45) is 7.69. The predicted octanol–water partition coefficient (Wildman–Crippen LogP) is 2.40.